The Bertz CT molecular complexity index is 534. The maximum absolute atomic E-state index is 10.6. The number of aromatic nitrogens is 1. The Hall–Kier alpha value is -1.90. The molecule has 0 spiro atoms. The molecule has 0 aliphatic carbocycles. The Morgan fingerprint density at radius 3 is 2.88 bits per heavy atom. The number of nitrogens with zero attached hydrogens (tertiary/aromatic N) is 1. The van der Waals surface area contributed by atoms with Gasteiger partial charge in [-0.25, -0.2) is 0 Å². The summed E-state index contributed by atoms with van der Waals surface area (Å²) in [4.78, 5) is 15.0. The molecule has 0 atom stereocenters. The molecule has 0 radical (unpaired) electrons. The molecule has 1 aromatic carbocycles. The zero-order valence-corrected chi connectivity index (χ0v) is 9.10. The molecule has 0 aliphatic heterocycles. The van der Waals surface area contributed by atoms with E-state index in [1.807, 2.05) is 37.3 Å². The molecule has 0 unspecified atom stereocenters. The number of hydrogen-bond donors (Lipinski definition) is 1. The second-order valence-electron chi connectivity index (χ2n) is 3.83. The van der Waals surface area contributed by atoms with Gasteiger partial charge in [0.15, 0.2) is 0 Å². The van der Waals surface area contributed by atoms with Gasteiger partial charge in [-0.2, -0.15) is 0 Å². The lowest BCUT2D eigenvalue weighted by Crippen LogP contribution is -2.01. The van der Waals surface area contributed by atoms with Crippen molar-refractivity contribution in [3.8, 4) is 0 Å². The number of fused-ring (bicyclic) bond motifs is 1. The van der Waals surface area contributed by atoms with Crippen LogP contribution in [0.2, 0.25) is 0 Å². The summed E-state index contributed by atoms with van der Waals surface area (Å²) in [5, 5.41) is 10.9. The van der Waals surface area contributed by atoms with Crippen molar-refractivity contribution in [3.05, 3.63) is 41.7 Å². The third-order valence-corrected chi connectivity index (χ3v) is 2.52. The van der Waals surface area contributed by atoms with Gasteiger partial charge in [-0.05, 0) is 18.4 Å². The molecule has 0 aliphatic rings. The number of carboxylic acids is 1. The van der Waals surface area contributed by atoms with Crippen LogP contribution in [0.1, 0.15) is 17.8 Å². The van der Waals surface area contributed by atoms with Gasteiger partial charge in [0.05, 0.1) is 6.42 Å². The second-order valence-corrected chi connectivity index (χ2v) is 3.83. The van der Waals surface area contributed by atoms with Crippen LogP contribution < -0.4 is 0 Å². The first-order valence-electron chi connectivity index (χ1n) is 5.24. The molecule has 1 aromatic heterocycles. The number of hydrogen-bond acceptors (Lipinski definition) is 2. The van der Waals surface area contributed by atoms with Gasteiger partial charge in [-0.1, -0.05) is 24.3 Å². The van der Waals surface area contributed by atoms with E-state index < -0.39 is 5.97 Å². The van der Waals surface area contributed by atoms with Crippen LogP contribution in [-0.4, -0.2) is 16.1 Å². The summed E-state index contributed by atoms with van der Waals surface area (Å²) in [6.45, 7) is 1.93. The third-order valence-electron chi connectivity index (χ3n) is 2.52. The first-order valence-corrected chi connectivity index (χ1v) is 5.24. The van der Waals surface area contributed by atoms with Gasteiger partial charge in [0.1, 0.15) is 0 Å². The van der Waals surface area contributed by atoms with E-state index in [9.17, 15) is 4.79 Å². The van der Waals surface area contributed by atoms with Crippen LogP contribution in [0.15, 0.2) is 30.3 Å². The summed E-state index contributed by atoms with van der Waals surface area (Å²) in [6, 6.07) is 9.94. The highest BCUT2D eigenvalue weighted by molar-refractivity contribution is 5.85. The highest BCUT2D eigenvalue weighted by Gasteiger charge is 2.06. The molecule has 3 heteroatoms. The Balaban J connectivity index is 2.46. The zero-order chi connectivity index (χ0) is 11.5. The molecule has 0 fully saturated rings. The largest absolute Gasteiger partial charge is 0.481 e. The number of rotatable bonds is 3. The van der Waals surface area contributed by atoms with Crippen molar-refractivity contribution in [1.82, 2.24) is 4.98 Å². The van der Waals surface area contributed by atoms with E-state index in [0.29, 0.717) is 6.42 Å². The molecule has 82 valence electrons. The van der Waals surface area contributed by atoms with Gasteiger partial charge in [0, 0.05) is 23.2 Å². The smallest absolute Gasteiger partial charge is 0.303 e. The topological polar surface area (TPSA) is 50.2 Å². The van der Waals surface area contributed by atoms with Crippen molar-refractivity contribution in [1.29, 1.82) is 0 Å². The van der Waals surface area contributed by atoms with Crippen molar-refractivity contribution < 1.29 is 9.90 Å². The van der Waals surface area contributed by atoms with E-state index in [1.165, 1.54) is 0 Å². The summed E-state index contributed by atoms with van der Waals surface area (Å²) in [6.07, 6.45) is 0.609. The van der Waals surface area contributed by atoms with Crippen LogP contribution in [0.25, 0.3) is 10.8 Å². The molecular formula is C13H13NO2. The maximum Gasteiger partial charge on any atom is 0.303 e. The van der Waals surface area contributed by atoms with Gasteiger partial charge in [-0.3, -0.25) is 9.78 Å². The lowest BCUT2D eigenvalue weighted by molar-refractivity contribution is -0.136. The normalized spacial score (nSPS) is 10.6. The predicted molar refractivity (Wildman–Crippen MR) is 62.4 cm³/mol. The van der Waals surface area contributed by atoms with Crippen molar-refractivity contribution in [2.24, 2.45) is 0 Å². The molecule has 1 N–H and O–H groups in total. The molecule has 3 nitrogen and oxygen atoms in total. The van der Waals surface area contributed by atoms with E-state index in [0.717, 1.165) is 22.2 Å². The molecule has 0 amide bonds. The third kappa shape index (κ3) is 2.19. The molecular weight excluding hydrogens is 202 g/mol. The number of carbonyl (C=O) groups is 1. The molecule has 0 bridgehead atoms. The summed E-state index contributed by atoms with van der Waals surface area (Å²) in [5.74, 6) is -0.785. The Morgan fingerprint density at radius 2 is 2.12 bits per heavy atom. The zero-order valence-electron chi connectivity index (χ0n) is 9.10. The fraction of sp³-hybridized carbons (Fsp3) is 0.231. The molecule has 1 heterocycles. The summed E-state index contributed by atoms with van der Waals surface area (Å²) < 4.78 is 0. The minimum Gasteiger partial charge on any atom is -0.481 e. The van der Waals surface area contributed by atoms with Gasteiger partial charge in [0.2, 0.25) is 0 Å². The van der Waals surface area contributed by atoms with Crippen LogP contribution in [-0.2, 0) is 11.2 Å². The Labute approximate surface area is 93.7 Å². The quantitative estimate of drug-likeness (QED) is 0.856. The summed E-state index contributed by atoms with van der Waals surface area (Å²) in [7, 11) is 0. The molecule has 2 rings (SSSR count). The number of aryl methyl sites for hydroxylation is 2. The van der Waals surface area contributed by atoms with Crippen molar-refractivity contribution in [3.63, 3.8) is 0 Å². The Morgan fingerprint density at radius 1 is 1.38 bits per heavy atom. The van der Waals surface area contributed by atoms with E-state index in [4.69, 9.17) is 5.11 Å². The maximum atomic E-state index is 10.6. The fourth-order valence-electron chi connectivity index (χ4n) is 1.83. The summed E-state index contributed by atoms with van der Waals surface area (Å²) >= 11 is 0. The number of aliphatic carboxylic acids is 1. The van der Waals surface area contributed by atoms with Gasteiger partial charge < -0.3 is 5.11 Å². The van der Waals surface area contributed by atoms with E-state index >= 15 is 0 Å². The van der Waals surface area contributed by atoms with Crippen LogP contribution in [0.4, 0.5) is 0 Å². The number of benzene rings is 1. The SMILES string of the molecule is Cc1cc2ccccc2c(CCC(=O)O)n1. The first-order chi connectivity index (χ1) is 7.66. The van der Waals surface area contributed by atoms with Gasteiger partial charge in [0.25, 0.3) is 0 Å². The molecule has 16 heavy (non-hydrogen) atoms. The van der Waals surface area contributed by atoms with Crippen molar-refractivity contribution in [2.75, 3.05) is 0 Å². The average molecular weight is 215 g/mol. The minimum atomic E-state index is -0.785. The van der Waals surface area contributed by atoms with Crippen LogP contribution in [0.3, 0.4) is 0 Å². The lowest BCUT2D eigenvalue weighted by Gasteiger charge is -2.06. The second kappa shape index (κ2) is 4.31. The van der Waals surface area contributed by atoms with Crippen LogP contribution in [0.5, 0.6) is 0 Å². The van der Waals surface area contributed by atoms with E-state index in [1.54, 1.807) is 0 Å². The van der Waals surface area contributed by atoms with Crippen molar-refractivity contribution >= 4 is 16.7 Å². The molecule has 0 saturated carbocycles. The first kappa shape index (κ1) is 10.6. The van der Waals surface area contributed by atoms with Crippen LogP contribution >= 0.6 is 0 Å². The monoisotopic (exact) mass is 215 g/mol. The van der Waals surface area contributed by atoms with E-state index in [-0.39, 0.29) is 6.42 Å². The highest BCUT2D eigenvalue weighted by Crippen LogP contribution is 2.19. The van der Waals surface area contributed by atoms with Gasteiger partial charge >= 0.3 is 5.97 Å². The van der Waals surface area contributed by atoms with Crippen LogP contribution in [0, 0.1) is 6.92 Å². The fourth-order valence-corrected chi connectivity index (χ4v) is 1.83. The highest BCUT2D eigenvalue weighted by atomic mass is 16.4. The van der Waals surface area contributed by atoms with E-state index in [2.05, 4.69) is 4.98 Å². The van der Waals surface area contributed by atoms with Gasteiger partial charge in [-0.15, -0.1) is 0 Å². The van der Waals surface area contributed by atoms with Crippen molar-refractivity contribution in [2.45, 2.75) is 19.8 Å². The lowest BCUT2D eigenvalue weighted by atomic mass is 10.1. The minimum absolute atomic E-state index is 0.125. The molecule has 2 aromatic rings. The average Bonchev–Trinajstić information content (AvgIpc) is 2.25. The standard InChI is InChI=1S/C13H13NO2/c1-9-8-10-4-2-3-5-11(10)12(14-9)6-7-13(15)16/h2-5,8H,6-7H2,1H3,(H,15,16). The predicted octanol–water partition coefficient (Wildman–Crippen LogP) is 2.56. The number of pyridine rings is 1. The summed E-state index contributed by atoms with van der Waals surface area (Å²) in [5.41, 5.74) is 1.80. The number of carboxylic acid groups (broad SMARTS) is 1. The molecule has 0 saturated heterocycles. The Kier molecular flexibility index (Phi) is 2.86.